The van der Waals surface area contributed by atoms with Crippen molar-refractivity contribution >= 4 is 5.78 Å². The molecule has 74 valence electrons. The first-order chi connectivity index (χ1) is 6.61. The Labute approximate surface area is 83.4 Å². The number of aryl methyl sites for hydroxylation is 1. The molecule has 1 fully saturated rings. The summed E-state index contributed by atoms with van der Waals surface area (Å²) in [5, 5.41) is 4.14. The highest BCUT2D eigenvalue weighted by Gasteiger charge is 2.30. The Morgan fingerprint density at radius 2 is 2.29 bits per heavy atom. The van der Waals surface area contributed by atoms with Crippen LogP contribution in [0.15, 0.2) is 18.3 Å². The van der Waals surface area contributed by atoms with Crippen LogP contribution in [0, 0.1) is 0 Å². The quantitative estimate of drug-likeness (QED) is 0.540. The average molecular weight is 190 g/mol. The fraction of sp³-hybridized carbons (Fsp3) is 0.455. The monoisotopic (exact) mass is 190 g/mol. The van der Waals surface area contributed by atoms with Crippen LogP contribution < -0.4 is 0 Å². The first-order valence-corrected chi connectivity index (χ1v) is 4.83. The normalized spacial score (nSPS) is 15.6. The third-order valence-corrected chi connectivity index (χ3v) is 2.59. The number of Topliss-reactive ketones (excluding diaryl/α,β-unsaturated/α-hetero) is 1. The van der Waals surface area contributed by atoms with E-state index in [1.165, 1.54) is 12.8 Å². The number of hydrogen-bond acceptors (Lipinski definition) is 2. The average Bonchev–Trinajstić information content (AvgIpc) is 2.89. The van der Waals surface area contributed by atoms with Gasteiger partial charge in [-0.25, -0.2) is 0 Å². The SMILES string of the molecule is C=C(C)C(=O)c1c(C2CC2)cnn1C. The molecule has 1 aliphatic carbocycles. The van der Waals surface area contributed by atoms with E-state index in [0.717, 1.165) is 11.3 Å². The summed E-state index contributed by atoms with van der Waals surface area (Å²) >= 11 is 0. The molecule has 0 spiro atoms. The van der Waals surface area contributed by atoms with Crippen LogP contribution in [0.3, 0.4) is 0 Å². The molecule has 0 aromatic carbocycles. The van der Waals surface area contributed by atoms with Gasteiger partial charge in [-0.05, 0) is 31.3 Å². The van der Waals surface area contributed by atoms with Crippen molar-refractivity contribution in [3.05, 3.63) is 29.6 Å². The van der Waals surface area contributed by atoms with Gasteiger partial charge in [0.2, 0.25) is 5.78 Å². The number of allylic oxidation sites excluding steroid dienone is 1. The summed E-state index contributed by atoms with van der Waals surface area (Å²) in [5.41, 5.74) is 2.40. The molecular formula is C11H14N2O. The summed E-state index contributed by atoms with van der Waals surface area (Å²) < 4.78 is 1.66. The topological polar surface area (TPSA) is 34.9 Å². The van der Waals surface area contributed by atoms with E-state index in [2.05, 4.69) is 11.7 Å². The maximum absolute atomic E-state index is 11.8. The van der Waals surface area contributed by atoms with Crippen molar-refractivity contribution in [3.63, 3.8) is 0 Å². The number of ketones is 1. The number of aromatic nitrogens is 2. The van der Waals surface area contributed by atoms with Crippen molar-refractivity contribution in [1.29, 1.82) is 0 Å². The van der Waals surface area contributed by atoms with Crippen molar-refractivity contribution in [3.8, 4) is 0 Å². The maximum Gasteiger partial charge on any atom is 0.206 e. The molecule has 1 aromatic rings. The molecule has 1 aliphatic rings. The molecule has 1 heterocycles. The Kier molecular flexibility index (Phi) is 2.02. The molecule has 3 nitrogen and oxygen atoms in total. The Balaban J connectivity index is 2.43. The summed E-state index contributed by atoms with van der Waals surface area (Å²) in [6, 6.07) is 0. The second-order valence-corrected chi connectivity index (χ2v) is 3.96. The smallest absolute Gasteiger partial charge is 0.206 e. The van der Waals surface area contributed by atoms with Crippen LogP contribution in [-0.2, 0) is 7.05 Å². The Hall–Kier alpha value is -1.38. The van der Waals surface area contributed by atoms with Crippen molar-refractivity contribution < 1.29 is 4.79 Å². The van der Waals surface area contributed by atoms with Gasteiger partial charge in [-0.15, -0.1) is 0 Å². The zero-order valence-corrected chi connectivity index (χ0v) is 8.58. The van der Waals surface area contributed by atoms with Crippen LogP contribution in [-0.4, -0.2) is 15.6 Å². The zero-order chi connectivity index (χ0) is 10.3. The third kappa shape index (κ3) is 1.39. The molecule has 0 saturated heterocycles. The lowest BCUT2D eigenvalue weighted by molar-refractivity contribution is 0.102. The van der Waals surface area contributed by atoms with Gasteiger partial charge in [0.1, 0.15) is 5.69 Å². The van der Waals surface area contributed by atoms with E-state index in [1.807, 2.05) is 13.2 Å². The summed E-state index contributed by atoms with van der Waals surface area (Å²) in [5.74, 6) is 0.578. The summed E-state index contributed by atoms with van der Waals surface area (Å²) in [6.45, 7) is 5.42. The lowest BCUT2D eigenvalue weighted by Gasteiger charge is -2.03. The van der Waals surface area contributed by atoms with E-state index in [9.17, 15) is 4.79 Å². The van der Waals surface area contributed by atoms with Gasteiger partial charge in [0, 0.05) is 12.6 Å². The Morgan fingerprint density at radius 1 is 1.64 bits per heavy atom. The highest BCUT2D eigenvalue weighted by atomic mass is 16.1. The second kappa shape index (κ2) is 3.08. The van der Waals surface area contributed by atoms with Crippen LogP contribution in [0.25, 0.3) is 0 Å². The molecule has 14 heavy (non-hydrogen) atoms. The Morgan fingerprint density at radius 3 is 2.79 bits per heavy atom. The minimum absolute atomic E-state index is 0.0203. The van der Waals surface area contributed by atoms with Crippen LogP contribution >= 0.6 is 0 Å². The van der Waals surface area contributed by atoms with Crippen molar-refractivity contribution in [2.75, 3.05) is 0 Å². The summed E-state index contributed by atoms with van der Waals surface area (Å²) in [6.07, 6.45) is 4.18. The number of nitrogens with zero attached hydrogens (tertiary/aromatic N) is 2. The molecular weight excluding hydrogens is 176 g/mol. The van der Waals surface area contributed by atoms with Crippen LogP contribution in [0.4, 0.5) is 0 Å². The van der Waals surface area contributed by atoms with Crippen LogP contribution in [0.5, 0.6) is 0 Å². The summed E-state index contributed by atoms with van der Waals surface area (Å²) in [4.78, 5) is 11.8. The predicted octanol–water partition coefficient (Wildman–Crippen LogP) is 2.06. The summed E-state index contributed by atoms with van der Waals surface area (Å²) in [7, 11) is 1.81. The van der Waals surface area contributed by atoms with Gasteiger partial charge in [0.25, 0.3) is 0 Å². The molecule has 0 N–H and O–H groups in total. The molecule has 1 saturated carbocycles. The van der Waals surface area contributed by atoms with Gasteiger partial charge in [-0.2, -0.15) is 5.10 Å². The van der Waals surface area contributed by atoms with Gasteiger partial charge < -0.3 is 0 Å². The van der Waals surface area contributed by atoms with E-state index >= 15 is 0 Å². The van der Waals surface area contributed by atoms with Crippen LogP contribution in [0.2, 0.25) is 0 Å². The zero-order valence-electron chi connectivity index (χ0n) is 8.58. The second-order valence-electron chi connectivity index (χ2n) is 3.96. The number of rotatable bonds is 3. The predicted molar refractivity (Wildman–Crippen MR) is 54.3 cm³/mol. The van der Waals surface area contributed by atoms with E-state index in [1.54, 1.807) is 11.6 Å². The van der Waals surface area contributed by atoms with Crippen molar-refractivity contribution in [2.45, 2.75) is 25.7 Å². The van der Waals surface area contributed by atoms with Crippen LogP contribution in [0.1, 0.15) is 41.7 Å². The van der Waals surface area contributed by atoms with Gasteiger partial charge in [0.15, 0.2) is 0 Å². The molecule has 1 aromatic heterocycles. The molecule has 3 heteroatoms. The molecule has 0 aliphatic heterocycles. The van der Waals surface area contributed by atoms with E-state index in [0.29, 0.717) is 11.5 Å². The van der Waals surface area contributed by atoms with Crippen molar-refractivity contribution in [2.24, 2.45) is 7.05 Å². The lowest BCUT2D eigenvalue weighted by atomic mass is 10.1. The fourth-order valence-corrected chi connectivity index (χ4v) is 1.63. The van der Waals surface area contributed by atoms with Gasteiger partial charge >= 0.3 is 0 Å². The minimum Gasteiger partial charge on any atom is -0.287 e. The number of hydrogen-bond donors (Lipinski definition) is 0. The van der Waals surface area contributed by atoms with E-state index < -0.39 is 0 Å². The first-order valence-electron chi connectivity index (χ1n) is 4.83. The lowest BCUT2D eigenvalue weighted by Crippen LogP contribution is -2.09. The molecule has 0 bridgehead atoms. The van der Waals surface area contributed by atoms with E-state index in [4.69, 9.17) is 0 Å². The number of carbonyl (C=O) groups is 1. The Bertz CT molecular complexity index is 399. The molecule has 0 amide bonds. The third-order valence-electron chi connectivity index (χ3n) is 2.59. The van der Waals surface area contributed by atoms with Gasteiger partial charge in [-0.3, -0.25) is 9.48 Å². The highest BCUT2D eigenvalue weighted by molar-refractivity contribution is 6.07. The molecule has 0 radical (unpaired) electrons. The minimum atomic E-state index is 0.0203. The number of carbonyl (C=O) groups excluding carboxylic acids is 1. The van der Waals surface area contributed by atoms with Crippen molar-refractivity contribution in [1.82, 2.24) is 9.78 Å². The fourth-order valence-electron chi connectivity index (χ4n) is 1.63. The molecule has 0 atom stereocenters. The molecule has 0 unspecified atom stereocenters. The standard InChI is InChI=1S/C11H14N2O/c1-7(2)11(14)10-9(8-4-5-8)6-12-13(10)3/h6,8H,1,4-5H2,2-3H3. The largest absolute Gasteiger partial charge is 0.287 e. The highest BCUT2D eigenvalue weighted by Crippen LogP contribution is 2.41. The maximum atomic E-state index is 11.8. The molecule has 2 rings (SSSR count). The van der Waals surface area contributed by atoms with Gasteiger partial charge in [-0.1, -0.05) is 6.58 Å². The van der Waals surface area contributed by atoms with E-state index in [-0.39, 0.29) is 5.78 Å². The first kappa shape index (κ1) is 9.19. The van der Waals surface area contributed by atoms with Gasteiger partial charge in [0.05, 0.1) is 6.20 Å².